The number of ether oxygens (including phenoxy) is 1. The molecule has 2 heterocycles. The van der Waals surface area contributed by atoms with Crippen LogP contribution in [0.5, 0.6) is 5.75 Å². The number of carbonyl (C=O) groups excluding carboxylic acids is 1. The third-order valence-corrected chi connectivity index (χ3v) is 3.99. The van der Waals surface area contributed by atoms with Crippen LogP contribution in [0.25, 0.3) is 0 Å². The highest BCUT2D eigenvalue weighted by Crippen LogP contribution is 2.29. The van der Waals surface area contributed by atoms with E-state index in [0.29, 0.717) is 11.6 Å². The minimum atomic E-state index is -0.301. The van der Waals surface area contributed by atoms with E-state index < -0.39 is 0 Å². The number of aryl methyl sites for hydroxylation is 2. The summed E-state index contributed by atoms with van der Waals surface area (Å²) in [6.45, 7) is 5.79. The van der Waals surface area contributed by atoms with Crippen LogP contribution in [-0.4, -0.2) is 34.8 Å². The normalized spacial score (nSPS) is 12.1. The van der Waals surface area contributed by atoms with Crippen LogP contribution in [0.1, 0.15) is 29.8 Å². The van der Waals surface area contributed by atoms with E-state index >= 15 is 0 Å². The molecule has 2 rings (SSSR count). The Bertz CT molecular complexity index is 693. The number of carbonyl (C=O) groups is 1. The monoisotopic (exact) mass is 302 g/mol. The summed E-state index contributed by atoms with van der Waals surface area (Å²) in [7, 11) is 5.16. The third-order valence-electron chi connectivity index (χ3n) is 3.99. The van der Waals surface area contributed by atoms with E-state index in [4.69, 9.17) is 4.74 Å². The molecule has 0 N–H and O–H groups in total. The van der Waals surface area contributed by atoms with Gasteiger partial charge in [-0.25, -0.2) is 4.98 Å². The Kier molecular flexibility index (Phi) is 4.49. The Morgan fingerprint density at radius 2 is 2.09 bits per heavy atom. The van der Waals surface area contributed by atoms with E-state index in [9.17, 15) is 4.79 Å². The van der Waals surface area contributed by atoms with Crippen molar-refractivity contribution in [2.75, 3.05) is 19.1 Å². The van der Waals surface area contributed by atoms with Gasteiger partial charge < -0.3 is 4.74 Å². The second-order valence-electron chi connectivity index (χ2n) is 5.36. The van der Waals surface area contributed by atoms with E-state index in [1.54, 1.807) is 37.2 Å². The molecule has 1 atom stereocenters. The quantitative estimate of drug-likeness (QED) is 0.869. The first-order valence-corrected chi connectivity index (χ1v) is 7.15. The lowest BCUT2D eigenvalue weighted by Crippen LogP contribution is -2.32. The van der Waals surface area contributed by atoms with Crippen molar-refractivity contribution in [1.29, 1.82) is 0 Å². The van der Waals surface area contributed by atoms with Gasteiger partial charge in [0, 0.05) is 31.5 Å². The molecule has 0 radical (unpaired) electrons. The molecule has 0 saturated heterocycles. The number of anilines is 1. The zero-order valence-electron chi connectivity index (χ0n) is 13.9. The highest BCUT2D eigenvalue weighted by Gasteiger charge is 2.27. The molecule has 6 heteroatoms. The summed E-state index contributed by atoms with van der Waals surface area (Å²) in [5.74, 6) is 0.743. The zero-order chi connectivity index (χ0) is 16.4. The van der Waals surface area contributed by atoms with Gasteiger partial charge in [-0.2, -0.15) is 5.10 Å². The highest BCUT2D eigenvalue weighted by atomic mass is 16.5. The lowest BCUT2D eigenvalue weighted by Gasteiger charge is -2.22. The molecule has 0 spiro atoms. The van der Waals surface area contributed by atoms with Gasteiger partial charge in [0.1, 0.15) is 0 Å². The number of rotatable bonds is 4. The zero-order valence-corrected chi connectivity index (χ0v) is 13.9. The summed E-state index contributed by atoms with van der Waals surface area (Å²) in [6, 6.07) is 3.57. The lowest BCUT2D eigenvalue weighted by molar-refractivity contribution is -0.119. The Hall–Kier alpha value is -2.37. The standard InChI is InChI=1S/C16H22N4O2/c1-10(14-11(2)18-20(5)12(14)3)16(21)19(4)15-13(22-6)8-7-9-17-15/h7-10H,1-6H3. The molecule has 2 aromatic rings. The fourth-order valence-electron chi connectivity index (χ4n) is 2.73. The Labute approximate surface area is 130 Å². The van der Waals surface area contributed by atoms with Crippen molar-refractivity contribution in [1.82, 2.24) is 14.8 Å². The van der Waals surface area contributed by atoms with Crippen molar-refractivity contribution in [2.24, 2.45) is 7.05 Å². The Morgan fingerprint density at radius 3 is 2.64 bits per heavy atom. The van der Waals surface area contributed by atoms with Crippen LogP contribution in [0.4, 0.5) is 5.82 Å². The second kappa shape index (κ2) is 6.17. The average molecular weight is 302 g/mol. The minimum Gasteiger partial charge on any atom is -0.493 e. The van der Waals surface area contributed by atoms with Gasteiger partial charge in [-0.1, -0.05) is 0 Å². The number of likely N-dealkylation sites (N-methyl/N-ethyl adjacent to an activating group) is 1. The molecule has 0 aliphatic carbocycles. The predicted octanol–water partition coefficient (Wildman–Crippen LogP) is 2.21. The molecular formula is C16H22N4O2. The van der Waals surface area contributed by atoms with Crippen LogP contribution in [0.2, 0.25) is 0 Å². The van der Waals surface area contributed by atoms with E-state index in [0.717, 1.165) is 17.0 Å². The second-order valence-corrected chi connectivity index (χ2v) is 5.36. The average Bonchev–Trinajstić information content (AvgIpc) is 2.77. The van der Waals surface area contributed by atoms with Gasteiger partial charge in [-0.3, -0.25) is 14.4 Å². The minimum absolute atomic E-state index is 0.0452. The first kappa shape index (κ1) is 16.0. The van der Waals surface area contributed by atoms with Crippen molar-refractivity contribution in [3.63, 3.8) is 0 Å². The smallest absolute Gasteiger partial charge is 0.235 e. The van der Waals surface area contributed by atoms with E-state index in [1.807, 2.05) is 27.8 Å². The fourth-order valence-corrected chi connectivity index (χ4v) is 2.73. The van der Waals surface area contributed by atoms with E-state index in [-0.39, 0.29) is 11.8 Å². The molecule has 1 unspecified atom stereocenters. The number of pyridine rings is 1. The van der Waals surface area contributed by atoms with Gasteiger partial charge >= 0.3 is 0 Å². The van der Waals surface area contributed by atoms with Crippen LogP contribution in [-0.2, 0) is 11.8 Å². The number of hydrogen-bond donors (Lipinski definition) is 0. The molecule has 6 nitrogen and oxygen atoms in total. The molecule has 0 aliphatic rings. The number of nitrogens with zero attached hydrogens (tertiary/aromatic N) is 4. The largest absolute Gasteiger partial charge is 0.493 e. The maximum absolute atomic E-state index is 12.8. The van der Waals surface area contributed by atoms with Gasteiger partial charge in [0.25, 0.3) is 0 Å². The maximum atomic E-state index is 12.8. The summed E-state index contributed by atoms with van der Waals surface area (Å²) in [4.78, 5) is 18.6. The molecule has 118 valence electrons. The van der Waals surface area contributed by atoms with Crippen molar-refractivity contribution in [3.05, 3.63) is 35.3 Å². The van der Waals surface area contributed by atoms with Crippen LogP contribution in [0.15, 0.2) is 18.3 Å². The molecule has 2 aromatic heterocycles. The Balaban J connectivity index is 2.34. The molecular weight excluding hydrogens is 280 g/mol. The third kappa shape index (κ3) is 2.68. The Morgan fingerprint density at radius 1 is 1.41 bits per heavy atom. The summed E-state index contributed by atoms with van der Waals surface area (Å²) in [5.41, 5.74) is 2.84. The summed E-state index contributed by atoms with van der Waals surface area (Å²) in [5, 5.41) is 4.39. The number of methoxy groups -OCH3 is 1. The van der Waals surface area contributed by atoms with Crippen LogP contribution < -0.4 is 9.64 Å². The summed E-state index contributed by atoms with van der Waals surface area (Å²) in [6.07, 6.45) is 1.65. The van der Waals surface area contributed by atoms with Gasteiger partial charge in [0.05, 0.1) is 18.7 Å². The van der Waals surface area contributed by atoms with Crippen LogP contribution >= 0.6 is 0 Å². The molecule has 0 aromatic carbocycles. The number of aromatic nitrogens is 3. The topological polar surface area (TPSA) is 60.2 Å². The predicted molar refractivity (Wildman–Crippen MR) is 85.3 cm³/mol. The molecule has 0 fully saturated rings. The van der Waals surface area contributed by atoms with E-state index in [2.05, 4.69) is 10.1 Å². The first-order valence-electron chi connectivity index (χ1n) is 7.15. The SMILES string of the molecule is COc1cccnc1N(C)C(=O)C(C)c1c(C)nn(C)c1C. The molecule has 0 aliphatic heterocycles. The van der Waals surface area contributed by atoms with Crippen LogP contribution in [0.3, 0.4) is 0 Å². The molecule has 0 saturated carbocycles. The number of amides is 1. The molecule has 0 bridgehead atoms. The first-order chi connectivity index (χ1) is 10.4. The van der Waals surface area contributed by atoms with Gasteiger partial charge in [0.15, 0.2) is 11.6 Å². The molecule has 22 heavy (non-hydrogen) atoms. The van der Waals surface area contributed by atoms with Gasteiger partial charge in [-0.15, -0.1) is 0 Å². The summed E-state index contributed by atoms with van der Waals surface area (Å²) >= 11 is 0. The lowest BCUT2D eigenvalue weighted by atomic mass is 9.97. The van der Waals surface area contributed by atoms with E-state index in [1.165, 1.54) is 4.90 Å². The fraction of sp³-hybridized carbons (Fsp3) is 0.438. The maximum Gasteiger partial charge on any atom is 0.235 e. The van der Waals surface area contributed by atoms with Crippen molar-refractivity contribution < 1.29 is 9.53 Å². The van der Waals surface area contributed by atoms with Gasteiger partial charge in [-0.05, 0) is 32.9 Å². The van der Waals surface area contributed by atoms with Crippen molar-refractivity contribution in [3.8, 4) is 5.75 Å². The van der Waals surface area contributed by atoms with Crippen molar-refractivity contribution >= 4 is 11.7 Å². The van der Waals surface area contributed by atoms with Gasteiger partial charge in [0.2, 0.25) is 5.91 Å². The highest BCUT2D eigenvalue weighted by molar-refractivity contribution is 5.97. The molecule has 1 amide bonds. The van der Waals surface area contributed by atoms with Crippen molar-refractivity contribution in [2.45, 2.75) is 26.7 Å². The number of hydrogen-bond acceptors (Lipinski definition) is 4. The van der Waals surface area contributed by atoms with Crippen LogP contribution in [0, 0.1) is 13.8 Å². The summed E-state index contributed by atoms with van der Waals surface area (Å²) < 4.78 is 7.08.